The van der Waals surface area contributed by atoms with Crippen LogP contribution in [-0.4, -0.2) is 28.0 Å². The normalized spacial score (nSPS) is 10.4. The molecule has 0 bridgehead atoms. The summed E-state index contributed by atoms with van der Waals surface area (Å²) in [6.07, 6.45) is 3.59. The molecule has 0 fully saturated rings. The summed E-state index contributed by atoms with van der Waals surface area (Å²) < 4.78 is 0. The van der Waals surface area contributed by atoms with E-state index in [1.165, 1.54) is 0 Å². The molecule has 5 nitrogen and oxygen atoms in total. The molecule has 24 heavy (non-hydrogen) atoms. The number of aromatic nitrogens is 3. The van der Waals surface area contributed by atoms with Crippen molar-refractivity contribution in [2.24, 2.45) is 0 Å². The van der Waals surface area contributed by atoms with Crippen LogP contribution in [0.4, 0.5) is 11.8 Å². The summed E-state index contributed by atoms with van der Waals surface area (Å²) in [6, 6.07) is 13.4. The third kappa shape index (κ3) is 4.20. The van der Waals surface area contributed by atoms with E-state index in [2.05, 4.69) is 25.6 Å². The second-order valence-corrected chi connectivity index (χ2v) is 5.74. The third-order valence-electron chi connectivity index (χ3n) is 3.47. The zero-order valence-electron chi connectivity index (χ0n) is 13.3. The highest BCUT2D eigenvalue weighted by molar-refractivity contribution is 6.30. The fourth-order valence-corrected chi connectivity index (χ4v) is 2.39. The van der Waals surface area contributed by atoms with Gasteiger partial charge in [0.2, 0.25) is 5.95 Å². The third-order valence-corrected chi connectivity index (χ3v) is 3.72. The van der Waals surface area contributed by atoms with Gasteiger partial charge in [-0.2, -0.15) is 0 Å². The van der Waals surface area contributed by atoms with Crippen LogP contribution in [-0.2, 0) is 0 Å². The van der Waals surface area contributed by atoms with E-state index in [1.54, 1.807) is 6.20 Å². The molecule has 0 spiro atoms. The molecule has 0 unspecified atom stereocenters. The number of halogens is 1. The molecule has 0 saturated carbocycles. The summed E-state index contributed by atoms with van der Waals surface area (Å²) in [6.45, 7) is 3.42. The smallest absolute Gasteiger partial charge is 0.223 e. The number of nitrogens with zero attached hydrogens (tertiary/aromatic N) is 3. The van der Waals surface area contributed by atoms with Crippen molar-refractivity contribution >= 4 is 23.4 Å². The number of aryl methyl sites for hydroxylation is 1. The van der Waals surface area contributed by atoms with Gasteiger partial charge in [-0.25, -0.2) is 15.0 Å². The number of anilines is 2. The molecule has 0 aliphatic rings. The highest BCUT2D eigenvalue weighted by Crippen LogP contribution is 2.23. The Morgan fingerprint density at radius 3 is 2.50 bits per heavy atom. The zero-order chi connectivity index (χ0) is 16.8. The van der Waals surface area contributed by atoms with Crippen LogP contribution in [0.2, 0.25) is 5.02 Å². The minimum atomic E-state index is 0.605. The van der Waals surface area contributed by atoms with Crippen molar-refractivity contribution < 1.29 is 0 Å². The Balaban J connectivity index is 1.62. The van der Waals surface area contributed by atoms with Gasteiger partial charge in [-0.05, 0) is 36.8 Å². The van der Waals surface area contributed by atoms with Crippen LogP contribution in [0.5, 0.6) is 0 Å². The van der Waals surface area contributed by atoms with Gasteiger partial charge >= 0.3 is 0 Å². The maximum absolute atomic E-state index is 5.95. The lowest BCUT2D eigenvalue weighted by atomic mass is 10.1. The Hall–Kier alpha value is -2.66. The van der Waals surface area contributed by atoms with Gasteiger partial charge in [-0.1, -0.05) is 29.8 Å². The van der Waals surface area contributed by atoms with E-state index in [-0.39, 0.29) is 0 Å². The van der Waals surface area contributed by atoms with Gasteiger partial charge in [0.25, 0.3) is 0 Å². The van der Waals surface area contributed by atoms with Crippen LogP contribution in [0.1, 0.15) is 5.56 Å². The maximum atomic E-state index is 5.95. The average Bonchev–Trinajstić information content (AvgIpc) is 2.62. The van der Waals surface area contributed by atoms with Crippen molar-refractivity contribution in [2.45, 2.75) is 6.92 Å². The van der Waals surface area contributed by atoms with Crippen molar-refractivity contribution in [3.63, 3.8) is 0 Å². The molecule has 0 aliphatic heterocycles. The highest BCUT2D eigenvalue weighted by Gasteiger charge is 2.06. The molecule has 0 atom stereocenters. The van der Waals surface area contributed by atoms with Gasteiger partial charge in [-0.15, -0.1) is 0 Å². The fraction of sp³-hybridized carbons (Fsp3) is 0.167. The van der Waals surface area contributed by atoms with E-state index in [0.717, 1.165) is 29.2 Å². The van der Waals surface area contributed by atoms with Gasteiger partial charge in [0.1, 0.15) is 5.82 Å². The molecule has 0 saturated heterocycles. The quantitative estimate of drug-likeness (QED) is 0.664. The summed E-state index contributed by atoms with van der Waals surface area (Å²) in [5.74, 6) is 1.46. The zero-order valence-corrected chi connectivity index (χ0v) is 14.1. The Kier molecular flexibility index (Phi) is 5.23. The van der Waals surface area contributed by atoms with E-state index >= 15 is 0 Å². The van der Waals surface area contributed by atoms with Gasteiger partial charge in [0.15, 0.2) is 0 Å². The summed E-state index contributed by atoms with van der Waals surface area (Å²) >= 11 is 5.95. The monoisotopic (exact) mass is 339 g/mol. The summed E-state index contributed by atoms with van der Waals surface area (Å²) in [4.78, 5) is 13.2. The van der Waals surface area contributed by atoms with E-state index in [9.17, 15) is 0 Å². The Labute approximate surface area is 146 Å². The first kappa shape index (κ1) is 16.2. The fourth-order valence-electron chi connectivity index (χ4n) is 2.26. The van der Waals surface area contributed by atoms with Crippen LogP contribution in [0.25, 0.3) is 11.3 Å². The van der Waals surface area contributed by atoms with Gasteiger partial charge in [0.05, 0.1) is 5.69 Å². The standard InChI is InChI=1S/C18H18ClN5/c1-13-12-23-18(22-11-10-21-16-4-2-3-9-20-16)24-17(13)14-5-7-15(19)8-6-14/h2-9,12H,10-11H2,1H3,(H,20,21)(H,22,23,24). The lowest BCUT2D eigenvalue weighted by molar-refractivity contribution is 1.01. The Morgan fingerprint density at radius 2 is 1.75 bits per heavy atom. The highest BCUT2D eigenvalue weighted by atomic mass is 35.5. The SMILES string of the molecule is Cc1cnc(NCCNc2ccccn2)nc1-c1ccc(Cl)cc1. The predicted octanol–water partition coefficient (Wildman–Crippen LogP) is 4.02. The van der Waals surface area contributed by atoms with Crippen molar-refractivity contribution in [1.82, 2.24) is 15.0 Å². The van der Waals surface area contributed by atoms with Crippen molar-refractivity contribution in [1.29, 1.82) is 0 Å². The minimum Gasteiger partial charge on any atom is -0.368 e. The van der Waals surface area contributed by atoms with Gasteiger partial charge in [-0.3, -0.25) is 0 Å². The number of nitrogens with one attached hydrogen (secondary N) is 2. The molecule has 1 aromatic carbocycles. The van der Waals surface area contributed by atoms with Gasteiger partial charge < -0.3 is 10.6 Å². The van der Waals surface area contributed by atoms with Gasteiger partial charge in [0, 0.05) is 36.1 Å². The predicted molar refractivity (Wildman–Crippen MR) is 98.4 cm³/mol. The summed E-state index contributed by atoms with van der Waals surface area (Å²) in [5.41, 5.74) is 2.95. The molecular weight excluding hydrogens is 322 g/mol. The number of rotatable bonds is 6. The topological polar surface area (TPSA) is 62.7 Å². The summed E-state index contributed by atoms with van der Waals surface area (Å²) in [7, 11) is 0. The number of hydrogen-bond donors (Lipinski definition) is 2. The first-order chi connectivity index (χ1) is 11.7. The maximum Gasteiger partial charge on any atom is 0.223 e. The Bertz CT molecular complexity index is 790. The average molecular weight is 340 g/mol. The number of pyridine rings is 1. The Morgan fingerprint density at radius 1 is 0.958 bits per heavy atom. The molecule has 2 aromatic heterocycles. The second-order valence-electron chi connectivity index (χ2n) is 5.30. The van der Waals surface area contributed by atoms with E-state index in [4.69, 9.17) is 11.6 Å². The van der Waals surface area contributed by atoms with E-state index < -0.39 is 0 Å². The van der Waals surface area contributed by atoms with Crippen molar-refractivity contribution in [2.75, 3.05) is 23.7 Å². The number of benzene rings is 1. The van der Waals surface area contributed by atoms with Crippen molar-refractivity contribution in [3.05, 3.63) is 65.4 Å². The molecular formula is C18H18ClN5. The minimum absolute atomic E-state index is 0.605. The van der Waals surface area contributed by atoms with Crippen LogP contribution in [0.3, 0.4) is 0 Å². The van der Waals surface area contributed by atoms with Crippen molar-refractivity contribution in [3.8, 4) is 11.3 Å². The second kappa shape index (κ2) is 7.75. The molecule has 0 amide bonds. The van der Waals surface area contributed by atoms with E-state index in [1.807, 2.05) is 55.6 Å². The molecule has 6 heteroatoms. The first-order valence-corrected chi connectivity index (χ1v) is 8.08. The van der Waals surface area contributed by atoms with Crippen LogP contribution in [0.15, 0.2) is 54.9 Å². The molecule has 2 N–H and O–H groups in total. The molecule has 3 rings (SSSR count). The van der Waals surface area contributed by atoms with Crippen LogP contribution < -0.4 is 10.6 Å². The van der Waals surface area contributed by atoms with Crippen LogP contribution in [0, 0.1) is 6.92 Å². The molecule has 3 aromatic rings. The van der Waals surface area contributed by atoms with Crippen LogP contribution >= 0.6 is 11.6 Å². The lowest BCUT2D eigenvalue weighted by Gasteiger charge is -2.10. The summed E-state index contributed by atoms with van der Waals surface area (Å²) in [5, 5.41) is 7.17. The molecule has 0 radical (unpaired) electrons. The largest absolute Gasteiger partial charge is 0.368 e. The van der Waals surface area contributed by atoms with E-state index in [0.29, 0.717) is 17.5 Å². The molecule has 2 heterocycles. The molecule has 122 valence electrons. The lowest BCUT2D eigenvalue weighted by Crippen LogP contribution is -2.15. The number of hydrogen-bond acceptors (Lipinski definition) is 5. The molecule has 0 aliphatic carbocycles. The first-order valence-electron chi connectivity index (χ1n) is 7.71.